The average molecular weight is 525 g/mol. The number of nitrogens with zero attached hydrogens (tertiary/aromatic N) is 2. The summed E-state index contributed by atoms with van der Waals surface area (Å²) in [5.41, 5.74) is 1.71. The Labute approximate surface area is 218 Å². The number of aromatic nitrogens is 1. The first-order valence-corrected chi connectivity index (χ1v) is 12.6. The van der Waals surface area contributed by atoms with Crippen LogP contribution in [0.3, 0.4) is 0 Å². The number of hydrogen-bond acceptors (Lipinski definition) is 7. The second kappa shape index (κ2) is 12.8. The summed E-state index contributed by atoms with van der Waals surface area (Å²) in [6.07, 6.45) is 0.769. The Balaban J connectivity index is 1.32. The van der Waals surface area contributed by atoms with Gasteiger partial charge in [-0.1, -0.05) is 30.3 Å². The van der Waals surface area contributed by atoms with Crippen LogP contribution in [0.15, 0.2) is 54.6 Å². The molecular formula is C25H28N6O5S. The van der Waals surface area contributed by atoms with Crippen molar-refractivity contribution in [3.05, 3.63) is 60.2 Å². The number of rotatable bonds is 9. The van der Waals surface area contributed by atoms with Crippen molar-refractivity contribution in [3.8, 4) is 10.4 Å². The highest BCUT2D eigenvalue weighted by Crippen LogP contribution is 2.34. The summed E-state index contributed by atoms with van der Waals surface area (Å²) >= 11 is 0.977. The van der Waals surface area contributed by atoms with E-state index < -0.39 is 18.0 Å². The highest BCUT2D eigenvalue weighted by atomic mass is 32.1. The summed E-state index contributed by atoms with van der Waals surface area (Å²) in [4.78, 5) is 39.2. The molecule has 0 aliphatic carbocycles. The van der Waals surface area contributed by atoms with Gasteiger partial charge in [-0.25, -0.2) is 14.4 Å². The molecule has 0 unspecified atom stereocenters. The standard InChI is InChI=1S/C25H28N6O5S/c32-23(33)20-21(17-7-9-19(10-8-17)28-25(35)27-18-5-2-1-3-6-18)37-30-22(20)29-24(34)26-11-4-12-31-13-15-36-16-14-31/h1-3,5-10H,4,11-16H2,(H,32,33)(H2,27,28,35)(H2,26,29,30,34). The summed E-state index contributed by atoms with van der Waals surface area (Å²) in [5, 5.41) is 20.6. The largest absolute Gasteiger partial charge is 0.478 e. The molecule has 3 aromatic rings. The average Bonchev–Trinajstić information content (AvgIpc) is 3.32. The fourth-order valence-electron chi connectivity index (χ4n) is 3.77. The molecule has 1 fully saturated rings. The molecule has 1 aromatic heterocycles. The quantitative estimate of drug-likeness (QED) is 0.266. The molecule has 0 radical (unpaired) electrons. The molecule has 4 amide bonds. The third kappa shape index (κ3) is 7.49. The first-order valence-electron chi connectivity index (χ1n) is 11.8. The van der Waals surface area contributed by atoms with Crippen LogP contribution in [-0.4, -0.2) is 71.8 Å². The lowest BCUT2D eigenvalue weighted by molar-refractivity contribution is 0.0375. The van der Waals surface area contributed by atoms with Crippen molar-refractivity contribution in [2.45, 2.75) is 6.42 Å². The van der Waals surface area contributed by atoms with Crippen LogP contribution in [-0.2, 0) is 4.74 Å². The van der Waals surface area contributed by atoms with Crippen LogP contribution in [0, 0.1) is 0 Å². The van der Waals surface area contributed by atoms with Gasteiger partial charge in [0.15, 0.2) is 5.82 Å². The maximum atomic E-state index is 12.3. The fraction of sp³-hybridized carbons (Fsp3) is 0.280. The maximum Gasteiger partial charge on any atom is 0.341 e. The highest BCUT2D eigenvalue weighted by Gasteiger charge is 2.23. The SMILES string of the molecule is O=C(Nc1ccccc1)Nc1ccc(-c2snc(NC(=O)NCCCN3CCOCC3)c2C(=O)O)cc1. The number of ether oxygens (including phenoxy) is 1. The van der Waals surface area contributed by atoms with Gasteiger partial charge in [-0.15, -0.1) is 0 Å². The van der Waals surface area contributed by atoms with Crippen LogP contribution in [0.5, 0.6) is 0 Å². The molecule has 0 saturated carbocycles. The van der Waals surface area contributed by atoms with Gasteiger partial charge in [-0.3, -0.25) is 10.2 Å². The fourth-order valence-corrected chi connectivity index (χ4v) is 4.61. The number of anilines is 3. The van der Waals surface area contributed by atoms with E-state index in [9.17, 15) is 19.5 Å². The Morgan fingerprint density at radius 1 is 0.919 bits per heavy atom. The number of carboxylic acid groups (broad SMARTS) is 1. The van der Waals surface area contributed by atoms with Gasteiger partial charge >= 0.3 is 18.0 Å². The number of urea groups is 2. The Morgan fingerprint density at radius 3 is 2.27 bits per heavy atom. The molecule has 194 valence electrons. The lowest BCUT2D eigenvalue weighted by Crippen LogP contribution is -2.38. The zero-order valence-electron chi connectivity index (χ0n) is 20.0. The lowest BCUT2D eigenvalue weighted by atomic mass is 10.1. The van der Waals surface area contributed by atoms with Gasteiger partial charge in [0.1, 0.15) is 5.56 Å². The van der Waals surface area contributed by atoms with Crippen molar-refractivity contribution in [1.82, 2.24) is 14.6 Å². The van der Waals surface area contributed by atoms with Crippen molar-refractivity contribution in [3.63, 3.8) is 0 Å². The molecule has 11 nitrogen and oxygen atoms in total. The van der Waals surface area contributed by atoms with Crippen molar-refractivity contribution in [2.24, 2.45) is 0 Å². The number of morpholine rings is 1. The molecule has 4 rings (SSSR count). The molecule has 0 bridgehead atoms. The number of carbonyl (C=O) groups excluding carboxylic acids is 2. The Morgan fingerprint density at radius 2 is 1.59 bits per heavy atom. The van der Waals surface area contributed by atoms with Crippen molar-refractivity contribution in [1.29, 1.82) is 0 Å². The normalized spacial score (nSPS) is 13.5. The third-order valence-electron chi connectivity index (χ3n) is 5.61. The van der Waals surface area contributed by atoms with Crippen molar-refractivity contribution >= 4 is 46.8 Å². The number of carbonyl (C=O) groups is 3. The van der Waals surface area contributed by atoms with E-state index in [1.54, 1.807) is 36.4 Å². The second-order valence-corrected chi connectivity index (χ2v) is 9.02. The van der Waals surface area contributed by atoms with Crippen LogP contribution in [0.25, 0.3) is 10.4 Å². The summed E-state index contributed by atoms with van der Waals surface area (Å²) < 4.78 is 9.48. The number of aromatic carboxylic acids is 1. The zero-order chi connectivity index (χ0) is 26.0. The molecule has 5 N–H and O–H groups in total. The van der Waals surface area contributed by atoms with Gasteiger partial charge in [0.05, 0.1) is 18.1 Å². The number of para-hydroxylation sites is 1. The van der Waals surface area contributed by atoms with Crippen LogP contribution >= 0.6 is 11.5 Å². The van der Waals surface area contributed by atoms with Crippen molar-refractivity contribution in [2.75, 3.05) is 55.3 Å². The minimum Gasteiger partial charge on any atom is -0.478 e. The topological polar surface area (TPSA) is 145 Å². The van der Waals surface area contributed by atoms with Crippen LogP contribution in [0.4, 0.5) is 26.8 Å². The van der Waals surface area contributed by atoms with Gasteiger partial charge in [0.2, 0.25) is 0 Å². The molecule has 2 heterocycles. The van der Waals surface area contributed by atoms with Crippen LogP contribution < -0.4 is 21.3 Å². The molecule has 1 saturated heterocycles. The number of hydrogen-bond donors (Lipinski definition) is 5. The van der Waals surface area contributed by atoms with Crippen LogP contribution in [0.2, 0.25) is 0 Å². The Bertz CT molecular complexity index is 1210. The first kappa shape index (κ1) is 26.1. The van der Waals surface area contributed by atoms with E-state index in [1.165, 1.54) is 0 Å². The Hall–Kier alpha value is -4.00. The van der Waals surface area contributed by atoms with Crippen molar-refractivity contribution < 1.29 is 24.2 Å². The van der Waals surface area contributed by atoms with E-state index in [0.29, 0.717) is 28.4 Å². The molecule has 1 aliphatic heterocycles. The van der Waals surface area contributed by atoms with E-state index in [4.69, 9.17) is 4.74 Å². The molecule has 12 heteroatoms. The predicted octanol–water partition coefficient (Wildman–Crippen LogP) is 4.00. The van der Waals surface area contributed by atoms with Gasteiger partial charge in [0.25, 0.3) is 0 Å². The third-order valence-corrected chi connectivity index (χ3v) is 6.51. The maximum absolute atomic E-state index is 12.3. The van der Waals surface area contributed by atoms with Gasteiger partial charge in [-0.05, 0) is 54.3 Å². The summed E-state index contributed by atoms with van der Waals surface area (Å²) in [7, 11) is 0. The number of nitrogens with one attached hydrogen (secondary N) is 4. The van der Waals surface area contributed by atoms with E-state index in [2.05, 4.69) is 30.5 Å². The van der Waals surface area contributed by atoms with Gasteiger partial charge in [-0.2, -0.15) is 4.37 Å². The minimum atomic E-state index is -1.20. The summed E-state index contributed by atoms with van der Waals surface area (Å²) in [5.74, 6) is -1.21. The summed E-state index contributed by atoms with van der Waals surface area (Å²) in [6, 6.07) is 14.8. The highest BCUT2D eigenvalue weighted by molar-refractivity contribution is 7.10. The first-order chi connectivity index (χ1) is 18.0. The molecule has 37 heavy (non-hydrogen) atoms. The van der Waals surface area contributed by atoms with E-state index in [1.807, 2.05) is 18.2 Å². The van der Waals surface area contributed by atoms with Crippen LogP contribution in [0.1, 0.15) is 16.8 Å². The molecule has 1 aliphatic rings. The van der Waals surface area contributed by atoms with E-state index in [0.717, 1.165) is 50.8 Å². The molecule has 0 spiro atoms. The molecule has 0 atom stereocenters. The summed E-state index contributed by atoms with van der Waals surface area (Å²) in [6.45, 7) is 4.52. The number of carboxylic acids is 1. The monoisotopic (exact) mass is 524 g/mol. The smallest absolute Gasteiger partial charge is 0.341 e. The minimum absolute atomic E-state index is 0.0115. The van der Waals surface area contributed by atoms with Gasteiger partial charge < -0.3 is 25.8 Å². The second-order valence-electron chi connectivity index (χ2n) is 8.25. The predicted molar refractivity (Wildman–Crippen MR) is 142 cm³/mol. The Kier molecular flexibility index (Phi) is 9.03. The lowest BCUT2D eigenvalue weighted by Gasteiger charge is -2.26. The molecule has 2 aromatic carbocycles. The van der Waals surface area contributed by atoms with E-state index >= 15 is 0 Å². The number of benzene rings is 2. The van der Waals surface area contributed by atoms with E-state index in [-0.39, 0.29) is 11.4 Å². The molecular weight excluding hydrogens is 496 g/mol. The zero-order valence-corrected chi connectivity index (χ0v) is 20.8. The van der Waals surface area contributed by atoms with Gasteiger partial charge in [0, 0.05) is 31.0 Å². The number of amides is 4.